The van der Waals surface area contributed by atoms with Crippen molar-refractivity contribution in [2.45, 2.75) is 12.1 Å². The number of para-hydroxylation sites is 2. The molecule has 4 aromatic rings. The van der Waals surface area contributed by atoms with E-state index in [0.29, 0.717) is 34.2 Å². The van der Waals surface area contributed by atoms with Crippen LogP contribution in [-0.2, 0) is 4.79 Å². The Bertz CT molecular complexity index is 1340. The van der Waals surface area contributed by atoms with E-state index in [2.05, 4.69) is 10.3 Å². The minimum absolute atomic E-state index is 0.0537. The smallest absolute Gasteiger partial charge is 0.271 e. The second-order valence-corrected chi connectivity index (χ2v) is 8.07. The first-order valence-corrected chi connectivity index (χ1v) is 11.4. The summed E-state index contributed by atoms with van der Waals surface area (Å²) in [6, 6.07) is 19.0. The fraction of sp³-hybridized carbons (Fsp3) is 0.167. The van der Waals surface area contributed by atoms with Crippen LogP contribution in [0.5, 0.6) is 11.5 Å². The summed E-state index contributed by atoms with van der Waals surface area (Å²) in [6.45, 7) is 2.47. The Balaban J connectivity index is 1.62. The van der Waals surface area contributed by atoms with Gasteiger partial charge in [0.15, 0.2) is 5.16 Å². The Labute approximate surface area is 199 Å². The number of nitrogens with one attached hydrogen (secondary N) is 1. The molecule has 0 saturated heterocycles. The predicted octanol–water partition coefficient (Wildman–Crippen LogP) is 5.07. The molecule has 0 radical (unpaired) electrons. The van der Waals surface area contributed by atoms with Crippen LogP contribution < -0.4 is 14.8 Å². The van der Waals surface area contributed by atoms with Crippen LogP contribution in [0.3, 0.4) is 0 Å². The average Bonchev–Trinajstić information content (AvgIpc) is 3.21. The van der Waals surface area contributed by atoms with E-state index in [1.165, 1.54) is 23.9 Å². The zero-order valence-corrected chi connectivity index (χ0v) is 19.4. The Morgan fingerprint density at radius 1 is 1.15 bits per heavy atom. The Morgan fingerprint density at radius 2 is 1.91 bits per heavy atom. The normalized spacial score (nSPS) is 10.8. The van der Waals surface area contributed by atoms with Crippen molar-refractivity contribution in [2.75, 3.05) is 24.8 Å². The van der Waals surface area contributed by atoms with E-state index in [4.69, 9.17) is 9.47 Å². The summed E-state index contributed by atoms with van der Waals surface area (Å²) in [5, 5.41) is 14.6. The van der Waals surface area contributed by atoms with Crippen molar-refractivity contribution >= 4 is 40.1 Å². The van der Waals surface area contributed by atoms with E-state index >= 15 is 0 Å². The minimum Gasteiger partial charge on any atom is -0.495 e. The lowest BCUT2D eigenvalue weighted by molar-refractivity contribution is -0.384. The molecule has 0 spiro atoms. The number of ether oxygens (including phenoxy) is 2. The molecule has 0 aliphatic carbocycles. The topological polar surface area (TPSA) is 109 Å². The van der Waals surface area contributed by atoms with Gasteiger partial charge in [-0.1, -0.05) is 23.9 Å². The maximum Gasteiger partial charge on any atom is 0.271 e. The van der Waals surface area contributed by atoms with Gasteiger partial charge in [0.2, 0.25) is 5.91 Å². The highest BCUT2D eigenvalue weighted by Gasteiger charge is 2.19. The molecular weight excluding hydrogens is 456 g/mol. The molecule has 174 valence electrons. The number of nitro groups is 1. The zero-order chi connectivity index (χ0) is 24.1. The summed E-state index contributed by atoms with van der Waals surface area (Å²) in [7, 11) is 1.57. The highest BCUT2D eigenvalue weighted by atomic mass is 32.2. The van der Waals surface area contributed by atoms with E-state index < -0.39 is 4.92 Å². The number of carbonyl (C=O) groups excluding carboxylic acids is 1. The number of nitro benzene ring substituents is 1. The first-order chi connectivity index (χ1) is 16.5. The molecule has 0 fully saturated rings. The van der Waals surface area contributed by atoms with Gasteiger partial charge < -0.3 is 14.8 Å². The maximum atomic E-state index is 12.6. The summed E-state index contributed by atoms with van der Waals surface area (Å²) >= 11 is 1.23. The van der Waals surface area contributed by atoms with Crippen LogP contribution in [0.15, 0.2) is 71.9 Å². The Hall–Kier alpha value is -4.05. The van der Waals surface area contributed by atoms with Crippen LogP contribution in [0.25, 0.3) is 16.7 Å². The summed E-state index contributed by atoms with van der Waals surface area (Å²) < 4.78 is 12.8. The van der Waals surface area contributed by atoms with Gasteiger partial charge in [-0.3, -0.25) is 19.5 Å². The summed E-state index contributed by atoms with van der Waals surface area (Å²) in [4.78, 5) is 28.0. The van der Waals surface area contributed by atoms with Crippen molar-refractivity contribution in [1.29, 1.82) is 0 Å². The van der Waals surface area contributed by atoms with Gasteiger partial charge in [0.1, 0.15) is 11.5 Å². The SMILES string of the molecule is CCOc1ccc(NC(=O)CSc2nc3cc([N+](=O)[O-])ccc3n2-c2ccccc2OC)cc1. The lowest BCUT2D eigenvalue weighted by Crippen LogP contribution is -2.14. The van der Waals surface area contributed by atoms with Crippen LogP contribution in [0.4, 0.5) is 11.4 Å². The first-order valence-electron chi connectivity index (χ1n) is 10.5. The zero-order valence-electron chi connectivity index (χ0n) is 18.6. The number of hydrogen-bond donors (Lipinski definition) is 1. The first kappa shape index (κ1) is 23.1. The van der Waals surface area contributed by atoms with Gasteiger partial charge in [0.05, 0.1) is 41.1 Å². The van der Waals surface area contributed by atoms with Gasteiger partial charge in [0.25, 0.3) is 5.69 Å². The van der Waals surface area contributed by atoms with E-state index in [-0.39, 0.29) is 17.3 Å². The molecular formula is C24H22N4O5S. The number of methoxy groups -OCH3 is 1. The number of imidazole rings is 1. The number of non-ortho nitro benzene ring substituents is 1. The molecule has 10 heteroatoms. The van der Waals surface area contributed by atoms with Crippen molar-refractivity contribution in [3.63, 3.8) is 0 Å². The number of aromatic nitrogens is 2. The minimum atomic E-state index is -0.460. The predicted molar refractivity (Wildman–Crippen MR) is 131 cm³/mol. The number of carbonyl (C=O) groups is 1. The highest BCUT2D eigenvalue weighted by Crippen LogP contribution is 2.33. The fourth-order valence-electron chi connectivity index (χ4n) is 3.43. The van der Waals surface area contributed by atoms with E-state index in [0.717, 1.165) is 11.4 Å². The van der Waals surface area contributed by atoms with Crippen LogP contribution in [-0.4, -0.2) is 39.9 Å². The third-order valence-corrected chi connectivity index (χ3v) is 5.86. The standard InChI is InChI=1S/C24H22N4O5S/c1-3-33-18-11-8-16(9-12-18)25-23(29)15-34-24-26-19-14-17(28(30)31)10-13-20(19)27(24)21-6-4-5-7-22(21)32-2/h4-14H,3,15H2,1-2H3,(H,25,29). The number of benzene rings is 3. The Kier molecular flexibility index (Phi) is 6.98. The molecule has 1 aromatic heterocycles. The third kappa shape index (κ3) is 4.96. The van der Waals surface area contributed by atoms with E-state index in [1.54, 1.807) is 37.4 Å². The van der Waals surface area contributed by atoms with Crippen molar-refractivity contribution in [3.05, 3.63) is 76.8 Å². The fourth-order valence-corrected chi connectivity index (χ4v) is 4.25. The van der Waals surface area contributed by atoms with Gasteiger partial charge in [-0.05, 0) is 49.4 Å². The molecule has 4 rings (SSSR count). The largest absolute Gasteiger partial charge is 0.495 e. The molecule has 0 bridgehead atoms. The number of rotatable bonds is 9. The molecule has 0 atom stereocenters. The van der Waals surface area contributed by atoms with Crippen molar-refractivity contribution in [2.24, 2.45) is 0 Å². The number of hydrogen-bond acceptors (Lipinski definition) is 7. The summed E-state index contributed by atoms with van der Waals surface area (Å²) in [5.41, 5.74) is 2.44. The monoisotopic (exact) mass is 478 g/mol. The lowest BCUT2D eigenvalue weighted by atomic mass is 10.2. The molecule has 0 saturated carbocycles. The number of thioether (sulfide) groups is 1. The maximum absolute atomic E-state index is 12.6. The molecule has 1 amide bonds. The second kappa shape index (κ2) is 10.3. The number of nitrogens with zero attached hydrogens (tertiary/aromatic N) is 3. The van der Waals surface area contributed by atoms with Gasteiger partial charge >= 0.3 is 0 Å². The number of fused-ring (bicyclic) bond motifs is 1. The summed E-state index contributed by atoms with van der Waals surface area (Å²) in [6.07, 6.45) is 0. The highest BCUT2D eigenvalue weighted by molar-refractivity contribution is 7.99. The van der Waals surface area contributed by atoms with Crippen LogP contribution >= 0.6 is 11.8 Å². The molecule has 0 aliphatic heterocycles. The number of anilines is 1. The van der Waals surface area contributed by atoms with Crippen molar-refractivity contribution in [1.82, 2.24) is 9.55 Å². The summed E-state index contributed by atoms with van der Waals surface area (Å²) in [5.74, 6) is 1.22. The van der Waals surface area contributed by atoms with E-state index in [1.807, 2.05) is 35.8 Å². The third-order valence-electron chi connectivity index (χ3n) is 4.93. The molecule has 9 nitrogen and oxygen atoms in total. The van der Waals surface area contributed by atoms with Gasteiger partial charge in [-0.25, -0.2) is 4.98 Å². The van der Waals surface area contributed by atoms with Crippen molar-refractivity contribution < 1.29 is 19.2 Å². The van der Waals surface area contributed by atoms with Crippen LogP contribution in [0.2, 0.25) is 0 Å². The molecule has 1 N–H and O–H groups in total. The molecule has 1 heterocycles. The van der Waals surface area contributed by atoms with Gasteiger partial charge in [-0.2, -0.15) is 0 Å². The number of amides is 1. The second-order valence-electron chi connectivity index (χ2n) is 7.13. The molecule has 3 aromatic carbocycles. The molecule has 34 heavy (non-hydrogen) atoms. The molecule has 0 aliphatic rings. The average molecular weight is 479 g/mol. The van der Waals surface area contributed by atoms with E-state index in [9.17, 15) is 14.9 Å². The van der Waals surface area contributed by atoms with Gasteiger partial charge in [-0.15, -0.1) is 0 Å². The van der Waals surface area contributed by atoms with Crippen LogP contribution in [0, 0.1) is 10.1 Å². The van der Waals surface area contributed by atoms with Gasteiger partial charge in [0, 0.05) is 17.8 Å². The van der Waals surface area contributed by atoms with Crippen LogP contribution in [0.1, 0.15) is 6.92 Å². The quantitative estimate of drug-likeness (QED) is 0.203. The molecule has 0 unspecified atom stereocenters. The lowest BCUT2D eigenvalue weighted by Gasteiger charge is -2.13. The Morgan fingerprint density at radius 3 is 2.62 bits per heavy atom. The van der Waals surface area contributed by atoms with Crippen molar-refractivity contribution in [3.8, 4) is 17.2 Å².